The lowest BCUT2D eigenvalue weighted by molar-refractivity contribution is -0.135. The minimum Gasteiger partial charge on any atom is -0.355 e. The van der Waals surface area contributed by atoms with Gasteiger partial charge in [-0.3, -0.25) is 14.5 Å². The first-order valence-electron chi connectivity index (χ1n) is 12.1. The number of carbonyl (C=O) groups is 2. The van der Waals surface area contributed by atoms with E-state index in [-0.39, 0.29) is 17.9 Å². The lowest BCUT2D eigenvalue weighted by atomic mass is 9.95. The van der Waals surface area contributed by atoms with Crippen LogP contribution in [0.25, 0.3) is 0 Å². The molecule has 0 aromatic carbocycles. The molecule has 166 valence electrons. The number of rotatable bonds is 8. The number of nitrogens with one attached hydrogen (secondary N) is 1. The van der Waals surface area contributed by atoms with Crippen molar-refractivity contribution in [3.63, 3.8) is 0 Å². The van der Waals surface area contributed by atoms with Crippen LogP contribution in [0.3, 0.4) is 0 Å². The molecule has 6 nitrogen and oxygen atoms in total. The highest BCUT2D eigenvalue weighted by atomic mass is 16.2. The fourth-order valence-electron chi connectivity index (χ4n) is 5.51. The fraction of sp³-hybridized carbons (Fsp3) is 0.913. The quantitative estimate of drug-likeness (QED) is 0.629. The molecule has 2 unspecified atom stereocenters. The van der Waals surface area contributed by atoms with E-state index in [4.69, 9.17) is 0 Å². The first kappa shape index (κ1) is 22.5. The van der Waals surface area contributed by atoms with Gasteiger partial charge >= 0.3 is 0 Å². The Morgan fingerprint density at radius 2 is 1.66 bits per heavy atom. The molecule has 0 aromatic heterocycles. The highest BCUT2D eigenvalue weighted by Crippen LogP contribution is 2.31. The van der Waals surface area contributed by atoms with E-state index >= 15 is 0 Å². The smallest absolute Gasteiger partial charge is 0.237 e. The lowest BCUT2D eigenvalue weighted by Gasteiger charge is -2.40. The number of hydrogen-bond acceptors (Lipinski definition) is 4. The zero-order valence-corrected chi connectivity index (χ0v) is 18.7. The summed E-state index contributed by atoms with van der Waals surface area (Å²) in [6, 6.07) is 0.679. The van der Waals surface area contributed by atoms with Crippen molar-refractivity contribution in [3.8, 4) is 0 Å². The molecule has 2 aliphatic heterocycles. The van der Waals surface area contributed by atoms with Crippen LogP contribution in [0.15, 0.2) is 0 Å². The zero-order valence-electron chi connectivity index (χ0n) is 18.7. The third-order valence-electron chi connectivity index (χ3n) is 7.34. The first-order chi connectivity index (χ1) is 14.1. The van der Waals surface area contributed by atoms with Crippen LogP contribution < -0.4 is 5.32 Å². The summed E-state index contributed by atoms with van der Waals surface area (Å²) in [5.41, 5.74) is 0. The van der Waals surface area contributed by atoms with Crippen molar-refractivity contribution < 1.29 is 9.59 Å². The Bertz CT molecular complexity index is 527. The lowest BCUT2D eigenvalue weighted by Crippen LogP contribution is -2.58. The molecule has 0 bridgehead atoms. The van der Waals surface area contributed by atoms with Crippen molar-refractivity contribution in [2.24, 2.45) is 5.92 Å². The van der Waals surface area contributed by atoms with Crippen molar-refractivity contribution in [3.05, 3.63) is 0 Å². The van der Waals surface area contributed by atoms with Gasteiger partial charge in [0.1, 0.15) is 0 Å². The van der Waals surface area contributed by atoms with Crippen LogP contribution in [0.2, 0.25) is 0 Å². The molecule has 3 rings (SSSR count). The molecule has 2 atom stereocenters. The Kier molecular flexibility index (Phi) is 8.79. The van der Waals surface area contributed by atoms with E-state index < -0.39 is 0 Å². The third-order valence-corrected chi connectivity index (χ3v) is 7.34. The van der Waals surface area contributed by atoms with Gasteiger partial charge in [0.05, 0.1) is 6.04 Å². The third kappa shape index (κ3) is 6.17. The molecule has 29 heavy (non-hydrogen) atoms. The molecule has 2 amide bonds. The van der Waals surface area contributed by atoms with Crippen LogP contribution in [-0.4, -0.2) is 84.4 Å². The second kappa shape index (κ2) is 11.3. The predicted octanol–water partition coefficient (Wildman–Crippen LogP) is 2.48. The second-order valence-electron chi connectivity index (χ2n) is 9.29. The summed E-state index contributed by atoms with van der Waals surface area (Å²) in [6.07, 6.45) is 10.4. The Hall–Kier alpha value is -1.14. The van der Waals surface area contributed by atoms with Gasteiger partial charge in [-0.05, 0) is 51.5 Å². The average molecular weight is 407 g/mol. The van der Waals surface area contributed by atoms with Crippen molar-refractivity contribution in [1.82, 2.24) is 20.0 Å². The summed E-state index contributed by atoms with van der Waals surface area (Å²) in [7, 11) is 0. The highest BCUT2D eigenvalue weighted by molar-refractivity contribution is 5.82. The normalized spacial score (nSPS) is 25.9. The highest BCUT2D eigenvalue weighted by Gasteiger charge is 2.37. The monoisotopic (exact) mass is 406 g/mol. The van der Waals surface area contributed by atoms with Crippen molar-refractivity contribution in [2.75, 3.05) is 45.8 Å². The molecule has 6 heteroatoms. The van der Waals surface area contributed by atoms with Crippen LogP contribution >= 0.6 is 0 Å². The number of hydrogen-bond donors (Lipinski definition) is 1. The Morgan fingerprint density at radius 3 is 2.31 bits per heavy atom. The molecule has 0 radical (unpaired) electrons. The largest absolute Gasteiger partial charge is 0.355 e. The van der Waals surface area contributed by atoms with Gasteiger partial charge in [0.25, 0.3) is 0 Å². The number of amides is 2. The Balaban J connectivity index is 1.48. The van der Waals surface area contributed by atoms with Crippen LogP contribution in [0.5, 0.6) is 0 Å². The molecule has 0 aromatic rings. The van der Waals surface area contributed by atoms with Gasteiger partial charge in [-0.1, -0.05) is 26.2 Å². The molecular formula is C23H42N4O2. The van der Waals surface area contributed by atoms with E-state index in [1.54, 1.807) is 0 Å². The minimum absolute atomic E-state index is 0.00899. The van der Waals surface area contributed by atoms with Crippen LogP contribution in [-0.2, 0) is 9.59 Å². The van der Waals surface area contributed by atoms with Crippen molar-refractivity contribution in [2.45, 2.75) is 83.7 Å². The molecule has 1 aliphatic carbocycles. The SMILES string of the molecule is CCC(=O)N1CCN(C(C(=O)NCCCN2CCCCC2C)C2CCCC2)CC1. The summed E-state index contributed by atoms with van der Waals surface area (Å²) in [5, 5.41) is 3.27. The number of piperazine rings is 1. The number of nitrogens with zero attached hydrogens (tertiary/aromatic N) is 3. The van der Waals surface area contributed by atoms with E-state index in [0.717, 1.165) is 58.5 Å². The van der Waals surface area contributed by atoms with E-state index in [0.29, 0.717) is 18.4 Å². The summed E-state index contributed by atoms with van der Waals surface area (Å²) >= 11 is 0. The molecule has 3 aliphatic rings. The maximum atomic E-state index is 13.2. The zero-order chi connectivity index (χ0) is 20.6. The number of likely N-dealkylation sites (tertiary alicyclic amines) is 1. The van der Waals surface area contributed by atoms with Gasteiger partial charge in [0.15, 0.2) is 0 Å². The fourth-order valence-corrected chi connectivity index (χ4v) is 5.51. The van der Waals surface area contributed by atoms with E-state index in [1.165, 1.54) is 38.6 Å². The van der Waals surface area contributed by atoms with Gasteiger partial charge in [-0.2, -0.15) is 0 Å². The van der Waals surface area contributed by atoms with Crippen molar-refractivity contribution in [1.29, 1.82) is 0 Å². The molecule has 1 N–H and O–H groups in total. The molecule has 2 heterocycles. The maximum absolute atomic E-state index is 13.2. The Labute approximate surface area is 177 Å². The average Bonchev–Trinajstić information content (AvgIpc) is 3.27. The van der Waals surface area contributed by atoms with E-state index in [1.807, 2.05) is 11.8 Å². The topological polar surface area (TPSA) is 55.9 Å². The summed E-state index contributed by atoms with van der Waals surface area (Å²) < 4.78 is 0. The van der Waals surface area contributed by atoms with E-state index in [2.05, 4.69) is 22.0 Å². The number of carbonyl (C=O) groups excluding carboxylic acids is 2. The second-order valence-corrected chi connectivity index (χ2v) is 9.29. The summed E-state index contributed by atoms with van der Waals surface area (Å²) in [4.78, 5) is 32.0. The van der Waals surface area contributed by atoms with E-state index in [9.17, 15) is 9.59 Å². The van der Waals surface area contributed by atoms with Gasteiger partial charge in [-0.15, -0.1) is 0 Å². The Morgan fingerprint density at radius 1 is 0.966 bits per heavy atom. The summed E-state index contributed by atoms with van der Waals surface area (Å²) in [6.45, 7) is 10.5. The van der Waals surface area contributed by atoms with Gasteiger partial charge in [-0.25, -0.2) is 0 Å². The van der Waals surface area contributed by atoms with Crippen molar-refractivity contribution >= 4 is 11.8 Å². The van der Waals surface area contributed by atoms with Gasteiger partial charge in [0, 0.05) is 51.7 Å². The van der Waals surface area contributed by atoms with Crippen LogP contribution in [0.1, 0.15) is 71.6 Å². The molecule has 0 spiro atoms. The van der Waals surface area contributed by atoms with Gasteiger partial charge in [0.2, 0.25) is 11.8 Å². The van der Waals surface area contributed by atoms with Gasteiger partial charge < -0.3 is 15.1 Å². The minimum atomic E-state index is -0.00899. The molecule has 2 saturated heterocycles. The molecule has 1 saturated carbocycles. The summed E-state index contributed by atoms with van der Waals surface area (Å²) in [5.74, 6) is 0.933. The molecular weight excluding hydrogens is 364 g/mol. The predicted molar refractivity (Wildman–Crippen MR) is 117 cm³/mol. The first-order valence-corrected chi connectivity index (χ1v) is 12.1. The maximum Gasteiger partial charge on any atom is 0.237 e. The standard InChI is InChI=1S/C23H42N4O2/c1-3-21(28)26-15-17-27(18-16-26)22(20-10-4-5-11-20)23(29)24-12-8-14-25-13-7-6-9-19(25)2/h19-20,22H,3-18H2,1-2H3,(H,24,29). The van der Waals surface area contributed by atoms with Crippen LogP contribution in [0.4, 0.5) is 0 Å². The molecule has 3 fully saturated rings. The van der Waals surface area contributed by atoms with Crippen LogP contribution in [0, 0.1) is 5.92 Å². The number of piperidine rings is 1.